The van der Waals surface area contributed by atoms with Gasteiger partial charge >= 0.3 is 6.18 Å². The molecule has 0 aliphatic heterocycles. The van der Waals surface area contributed by atoms with Crippen LogP contribution in [0.3, 0.4) is 0 Å². The molecule has 0 spiro atoms. The Balaban J connectivity index is 4.45. The molecule has 0 rings (SSSR count). The van der Waals surface area contributed by atoms with Crippen molar-refractivity contribution >= 4 is 5.78 Å². The first kappa shape index (κ1) is 13.5. The minimum Gasteiger partial charge on any atom is -0.404 e. The first-order valence-corrected chi connectivity index (χ1v) is 4.23. The third-order valence-corrected chi connectivity index (χ3v) is 1.51. The van der Waals surface area contributed by atoms with Crippen LogP contribution in [-0.4, -0.2) is 12.0 Å². The first-order chi connectivity index (χ1) is 6.91. The van der Waals surface area contributed by atoms with Gasteiger partial charge in [-0.25, -0.2) is 0 Å². The van der Waals surface area contributed by atoms with Gasteiger partial charge in [0.25, 0.3) is 0 Å². The van der Waals surface area contributed by atoms with Crippen LogP contribution >= 0.6 is 0 Å². The maximum atomic E-state index is 12.1. The monoisotopic (exact) mass is 219 g/mol. The van der Waals surface area contributed by atoms with E-state index in [1.807, 2.05) is 0 Å². The second-order valence-electron chi connectivity index (χ2n) is 2.69. The SMILES string of the molecule is C/C=C\CC(=O)/C=C\C(=C/N)C(F)(F)F. The Morgan fingerprint density at radius 3 is 2.33 bits per heavy atom. The number of allylic oxidation sites excluding steroid dienone is 5. The Kier molecular flexibility index (Phi) is 5.44. The zero-order valence-corrected chi connectivity index (χ0v) is 8.21. The third-order valence-electron chi connectivity index (χ3n) is 1.51. The van der Waals surface area contributed by atoms with Crippen LogP contribution in [0.2, 0.25) is 0 Å². The summed E-state index contributed by atoms with van der Waals surface area (Å²) >= 11 is 0. The molecule has 2 nitrogen and oxygen atoms in total. The predicted molar refractivity (Wildman–Crippen MR) is 51.9 cm³/mol. The zero-order chi connectivity index (χ0) is 11.9. The van der Waals surface area contributed by atoms with Gasteiger partial charge < -0.3 is 5.73 Å². The van der Waals surface area contributed by atoms with Crippen LogP contribution in [0, 0.1) is 0 Å². The van der Waals surface area contributed by atoms with Crippen LogP contribution in [0.5, 0.6) is 0 Å². The Morgan fingerprint density at radius 2 is 1.93 bits per heavy atom. The van der Waals surface area contributed by atoms with Gasteiger partial charge in [0.2, 0.25) is 0 Å². The fourth-order valence-electron chi connectivity index (χ4n) is 0.729. The van der Waals surface area contributed by atoms with Crippen LogP contribution in [0.15, 0.2) is 36.1 Å². The molecule has 84 valence electrons. The molecular formula is C10H12F3NO. The molecular weight excluding hydrogens is 207 g/mol. The lowest BCUT2D eigenvalue weighted by Gasteiger charge is -2.05. The van der Waals surface area contributed by atoms with Crippen molar-refractivity contribution < 1.29 is 18.0 Å². The summed E-state index contributed by atoms with van der Waals surface area (Å²) < 4.78 is 36.3. The molecule has 2 N–H and O–H groups in total. The number of ketones is 1. The van der Waals surface area contributed by atoms with Gasteiger partial charge in [-0.05, 0) is 19.1 Å². The molecule has 0 aliphatic rings. The fourth-order valence-corrected chi connectivity index (χ4v) is 0.729. The second kappa shape index (κ2) is 6.06. The molecule has 0 unspecified atom stereocenters. The normalized spacial score (nSPS) is 14.0. The number of carbonyl (C=O) groups is 1. The molecule has 0 aliphatic carbocycles. The van der Waals surface area contributed by atoms with E-state index < -0.39 is 17.5 Å². The van der Waals surface area contributed by atoms with Gasteiger partial charge in [0.15, 0.2) is 5.78 Å². The summed E-state index contributed by atoms with van der Waals surface area (Å²) in [6.07, 6.45) is 0.744. The van der Waals surface area contributed by atoms with Gasteiger partial charge in [-0.15, -0.1) is 0 Å². The van der Waals surface area contributed by atoms with Crippen LogP contribution in [0.1, 0.15) is 13.3 Å². The molecule has 0 saturated heterocycles. The summed E-state index contributed by atoms with van der Waals surface area (Å²) in [5, 5.41) is 0. The van der Waals surface area contributed by atoms with Crippen molar-refractivity contribution in [3.05, 3.63) is 36.1 Å². The number of halogens is 3. The van der Waals surface area contributed by atoms with E-state index >= 15 is 0 Å². The molecule has 0 saturated carbocycles. The van der Waals surface area contributed by atoms with Crippen molar-refractivity contribution in [2.24, 2.45) is 5.73 Å². The Labute approximate surface area is 86.0 Å². The molecule has 0 aromatic rings. The summed E-state index contributed by atoms with van der Waals surface area (Å²) in [4.78, 5) is 11.0. The standard InChI is InChI=1S/C10H12F3NO/c1-2-3-4-9(15)6-5-8(7-14)10(11,12)13/h2-3,5-7H,4,14H2,1H3/b3-2-,6-5-,8-7+. The van der Waals surface area contributed by atoms with E-state index in [0.717, 1.165) is 6.08 Å². The predicted octanol–water partition coefficient (Wildman–Crippen LogP) is 2.48. The fraction of sp³-hybridized carbons (Fsp3) is 0.300. The Hall–Kier alpha value is -1.52. The summed E-state index contributed by atoms with van der Waals surface area (Å²) in [5.74, 6) is -0.406. The van der Waals surface area contributed by atoms with Crippen molar-refractivity contribution in [1.29, 1.82) is 0 Å². The van der Waals surface area contributed by atoms with E-state index in [1.54, 1.807) is 19.1 Å². The molecule has 0 aromatic carbocycles. The average Bonchev–Trinajstić information content (AvgIpc) is 2.13. The molecule has 0 atom stereocenters. The van der Waals surface area contributed by atoms with Gasteiger partial charge in [-0.3, -0.25) is 4.79 Å². The van der Waals surface area contributed by atoms with Gasteiger partial charge in [0.1, 0.15) is 0 Å². The lowest BCUT2D eigenvalue weighted by molar-refractivity contribution is -0.113. The van der Waals surface area contributed by atoms with Gasteiger partial charge in [0, 0.05) is 12.6 Å². The molecule has 15 heavy (non-hydrogen) atoms. The van der Waals surface area contributed by atoms with Crippen LogP contribution in [-0.2, 0) is 4.79 Å². The topological polar surface area (TPSA) is 43.1 Å². The number of nitrogens with two attached hydrogens (primary N) is 1. The van der Waals surface area contributed by atoms with Crippen molar-refractivity contribution in [3.8, 4) is 0 Å². The van der Waals surface area contributed by atoms with Gasteiger partial charge in [-0.2, -0.15) is 13.2 Å². The third kappa shape index (κ3) is 5.72. The molecule has 5 heteroatoms. The number of alkyl halides is 3. The van der Waals surface area contributed by atoms with E-state index in [0.29, 0.717) is 12.3 Å². The maximum absolute atomic E-state index is 12.1. The highest BCUT2D eigenvalue weighted by molar-refractivity contribution is 5.91. The summed E-state index contributed by atoms with van der Waals surface area (Å²) in [7, 11) is 0. The molecule has 0 heterocycles. The van der Waals surface area contributed by atoms with Crippen LogP contribution < -0.4 is 5.73 Å². The lowest BCUT2D eigenvalue weighted by atomic mass is 10.2. The highest BCUT2D eigenvalue weighted by Gasteiger charge is 2.31. The van der Waals surface area contributed by atoms with E-state index in [4.69, 9.17) is 5.73 Å². The van der Waals surface area contributed by atoms with Gasteiger partial charge in [-0.1, -0.05) is 12.2 Å². The minimum atomic E-state index is -4.52. The molecule has 0 bridgehead atoms. The van der Waals surface area contributed by atoms with Gasteiger partial charge in [0.05, 0.1) is 5.57 Å². The number of carbonyl (C=O) groups excluding carboxylic acids is 1. The highest BCUT2D eigenvalue weighted by atomic mass is 19.4. The quantitative estimate of drug-likeness (QED) is 0.448. The van der Waals surface area contributed by atoms with Crippen molar-refractivity contribution in [3.63, 3.8) is 0 Å². The van der Waals surface area contributed by atoms with E-state index in [-0.39, 0.29) is 6.42 Å². The van der Waals surface area contributed by atoms with Crippen molar-refractivity contribution in [1.82, 2.24) is 0 Å². The molecule has 0 radical (unpaired) electrons. The number of hydrogen-bond acceptors (Lipinski definition) is 2. The van der Waals surface area contributed by atoms with Crippen LogP contribution in [0.4, 0.5) is 13.2 Å². The smallest absolute Gasteiger partial charge is 0.404 e. The first-order valence-electron chi connectivity index (χ1n) is 4.23. The maximum Gasteiger partial charge on any atom is 0.417 e. The minimum absolute atomic E-state index is 0.0860. The van der Waals surface area contributed by atoms with E-state index in [1.165, 1.54) is 0 Å². The number of hydrogen-bond donors (Lipinski definition) is 1. The molecule has 0 fully saturated rings. The largest absolute Gasteiger partial charge is 0.417 e. The van der Waals surface area contributed by atoms with Crippen molar-refractivity contribution in [2.75, 3.05) is 0 Å². The lowest BCUT2D eigenvalue weighted by Crippen LogP contribution is -2.11. The van der Waals surface area contributed by atoms with Crippen molar-refractivity contribution in [2.45, 2.75) is 19.5 Å². The molecule has 0 amide bonds. The van der Waals surface area contributed by atoms with E-state index in [2.05, 4.69) is 0 Å². The zero-order valence-electron chi connectivity index (χ0n) is 8.21. The average molecular weight is 219 g/mol. The molecule has 0 aromatic heterocycles. The summed E-state index contributed by atoms with van der Waals surface area (Å²) in [6, 6.07) is 0. The Bertz CT molecular complexity index is 300. The second-order valence-corrected chi connectivity index (χ2v) is 2.69. The van der Waals surface area contributed by atoms with Crippen LogP contribution in [0.25, 0.3) is 0 Å². The summed E-state index contributed by atoms with van der Waals surface area (Å²) in [5.41, 5.74) is 3.76. The highest BCUT2D eigenvalue weighted by Crippen LogP contribution is 2.25. The summed E-state index contributed by atoms with van der Waals surface area (Å²) in [6.45, 7) is 1.72. The Morgan fingerprint density at radius 1 is 1.33 bits per heavy atom. The van der Waals surface area contributed by atoms with E-state index in [9.17, 15) is 18.0 Å². The number of rotatable bonds is 4.